The minimum absolute atomic E-state index is 0.0333. The fraction of sp³-hybridized carbons (Fsp3) is 0.600. The minimum Gasteiger partial charge on any atom is -0.391 e. The summed E-state index contributed by atoms with van der Waals surface area (Å²) in [5.41, 5.74) is 0.535. The number of rotatable bonds is 3. The zero-order valence-corrected chi connectivity index (χ0v) is 17.7. The number of hydrogen-bond donors (Lipinski definition) is 1. The molecular formula is C20H26N2O4S2. The molecular weight excluding hydrogens is 396 g/mol. The molecule has 0 unspecified atom stereocenters. The van der Waals surface area contributed by atoms with Crippen molar-refractivity contribution in [3.8, 4) is 0 Å². The molecule has 1 aliphatic heterocycles. The Labute approximate surface area is 169 Å². The summed E-state index contributed by atoms with van der Waals surface area (Å²) < 4.78 is 25.7. The normalized spacial score (nSPS) is 32.6. The second kappa shape index (κ2) is 7.46. The van der Waals surface area contributed by atoms with E-state index >= 15 is 0 Å². The molecule has 1 saturated heterocycles. The maximum Gasteiger partial charge on any atom is 0.262 e. The van der Waals surface area contributed by atoms with Gasteiger partial charge in [0, 0.05) is 6.04 Å². The van der Waals surface area contributed by atoms with E-state index in [9.17, 15) is 18.3 Å². The Balaban J connectivity index is 1.83. The molecule has 2 aromatic rings. The Hall–Kier alpha value is -1.38. The van der Waals surface area contributed by atoms with Gasteiger partial charge in [0.2, 0.25) is 0 Å². The maximum absolute atomic E-state index is 13.4. The Morgan fingerprint density at radius 1 is 1.18 bits per heavy atom. The van der Waals surface area contributed by atoms with Crippen molar-refractivity contribution in [2.24, 2.45) is 11.8 Å². The number of fused-ring (bicyclic) bond motifs is 1. The van der Waals surface area contributed by atoms with Gasteiger partial charge in [0.05, 0.1) is 33.8 Å². The molecule has 1 aliphatic carbocycles. The van der Waals surface area contributed by atoms with Crippen LogP contribution in [0.3, 0.4) is 0 Å². The molecule has 2 heterocycles. The van der Waals surface area contributed by atoms with Crippen molar-refractivity contribution >= 4 is 32.5 Å². The average molecular weight is 423 g/mol. The highest BCUT2D eigenvalue weighted by atomic mass is 32.2. The molecule has 0 amide bonds. The third-order valence-corrected chi connectivity index (χ3v) is 9.51. The van der Waals surface area contributed by atoms with Gasteiger partial charge in [-0.05, 0) is 30.4 Å². The number of aromatic nitrogens is 2. The van der Waals surface area contributed by atoms with Crippen LogP contribution in [0.2, 0.25) is 0 Å². The molecule has 1 aromatic heterocycles. The van der Waals surface area contributed by atoms with Gasteiger partial charge in [0.15, 0.2) is 15.0 Å². The van der Waals surface area contributed by atoms with E-state index in [-0.39, 0.29) is 23.1 Å². The molecule has 6 nitrogen and oxygen atoms in total. The van der Waals surface area contributed by atoms with E-state index in [0.29, 0.717) is 27.9 Å². The number of sulfone groups is 1. The van der Waals surface area contributed by atoms with Crippen molar-refractivity contribution in [1.29, 1.82) is 0 Å². The number of aliphatic hydroxyl groups excluding tert-OH is 1. The van der Waals surface area contributed by atoms with E-state index in [4.69, 9.17) is 4.98 Å². The SMILES string of the molecule is C[C@@H]1[C@H](C)CCC[C@@H]1n1c(S[C@@H]2CS(=O)(=O)C[C@@H]2O)nc2ccccc2c1=O. The molecule has 1 saturated carbocycles. The van der Waals surface area contributed by atoms with E-state index in [2.05, 4.69) is 13.8 Å². The highest BCUT2D eigenvalue weighted by Crippen LogP contribution is 2.40. The molecule has 5 atom stereocenters. The highest BCUT2D eigenvalue weighted by molar-refractivity contribution is 8.01. The molecule has 0 spiro atoms. The molecule has 28 heavy (non-hydrogen) atoms. The zero-order valence-electron chi connectivity index (χ0n) is 16.1. The van der Waals surface area contributed by atoms with Crippen LogP contribution in [-0.4, -0.2) is 45.9 Å². The number of para-hydroxylation sites is 1. The molecule has 8 heteroatoms. The van der Waals surface area contributed by atoms with Crippen molar-refractivity contribution in [2.75, 3.05) is 11.5 Å². The van der Waals surface area contributed by atoms with Gasteiger partial charge in [-0.15, -0.1) is 0 Å². The third kappa shape index (κ3) is 3.62. The molecule has 152 valence electrons. The van der Waals surface area contributed by atoms with Gasteiger partial charge in [-0.2, -0.15) is 0 Å². The summed E-state index contributed by atoms with van der Waals surface area (Å²) in [5, 5.41) is 10.9. The number of hydrogen-bond acceptors (Lipinski definition) is 6. The van der Waals surface area contributed by atoms with Gasteiger partial charge < -0.3 is 5.11 Å². The van der Waals surface area contributed by atoms with Crippen LogP contribution in [0.15, 0.2) is 34.2 Å². The van der Waals surface area contributed by atoms with Gasteiger partial charge in [-0.25, -0.2) is 13.4 Å². The number of nitrogens with zero attached hydrogens (tertiary/aromatic N) is 2. The molecule has 0 radical (unpaired) electrons. The van der Waals surface area contributed by atoms with Gasteiger partial charge in [0.1, 0.15) is 0 Å². The first-order valence-electron chi connectivity index (χ1n) is 9.83. The van der Waals surface area contributed by atoms with E-state index in [1.165, 1.54) is 11.8 Å². The topological polar surface area (TPSA) is 89.3 Å². The van der Waals surface area contributed by atoms with Gasteiger partial charge >= 0.3 is 0 Å². The van der Waals surface area contributed by atoms with Gasteiger partial charge in [0.25, 0.3) is 5.56 Å². The second-order valence-corrected chi connectivity index (χ2v) is 11.6. The standard InChI is InChI=1S/C20H26N2O4S2/c1-12-6-5-9-16(13(12)2)22-19(24)14-7-3-4-8-15(14)21-20(22)27-18-11-28(25,26)10-17(18)23/h3-4,7-8,12-13,16-18,23H,5-6,9-11H2,1-2H3/t12-,13-,16+,17+,18-/m1/s1. The lowest BCUT2D eigenvalue weighted by atomic mass is 9.78. The first kappa shape index (κ1) is 19.9. The Bertz CT molecular complexity index is 1050. The van der Waals surface area contributed by atoms with Crippen LogP contribution < -0.4 is 5.56 Å². The average Bonchev–Trinajstić information content (AvgIpc) is 2.90. The lowest BCUT2D eigenvalue weighted by Crippen LogP contribution is -2.36. The molecule has 4 rings (SSSR count). The molecule has 1 N–H and O–H groups in total. The number of thioether (sulfide) groups is 1. The first-order valence-corrected chi connectivity index (χ1v) is 12.5. The fourth-order valence-electron chi connectivity index (χ4n) is 4.46. The summed E-state index contributed by atoms with van der Waals surface area (Å²) >= 11 is 1.24. The second-order valence-electron chi connectivity index (χ2n) is 8.22. The quantitative estimate of drug-likeness (QED) is 0.765. The van der Waals surface area contributed by atoms with Crippen LogP contribution in [-0.2, 0) is 9.84 Å². The zero-order chi connectivity index (χ0) is 20.1. The number of aliphatic hydroxyl groups is 1. The molecule has 1 aromatic carbocycles. The summed E-state index contributed by atoms with van der Waals surface area (Å²) in [6.45, 7) is 4.40. The lowest BCUT2D eigenvalue weighted by Gasteiger charge is -2.36. The van der Waals surface area contributed by atoms with Crippen molar-refractivity contribution < 1.29 is 13.5 Å². The highest BCUT2D eigenvalue weighted by Gasteiger charge is 2.39. The predicted octanol–water partition coefficient (Wildman–Crippen LogP) is 2.64. The smallest absolute Gasteiger partial charge is 0.262 e. The van der Waals surface area contributed by atoms with Crippen LogP contribution in [0.25, 0.3) is 10.9 Å². The fourth-order valence-corrected chi connectivity index (χ4v) is 8.10. The van der Waals surface area contributed by atoms with E-state index in [1.807, 2.05) is 12.1 Å². The Kier molecular flexibility index (Phi) is 5.31. The van der Waals surface area contributed by atoms with Crippen molar-refractivity contribution in [1.82, 2.24) is 9.55 Å². The van der Waals surface area contributed by atoms with Crippen molar-refractivity contribution in [2.45, 2.75) is 55.7 Å². The predicted molar refractivity (Wildman–Crippen MR) is 112 cm³/mol. The Morgan fingerprint density at radius 2 is 1.93 bits per heavy atom. The van der Waals surface area contributed by atoms with Crippen molar-refractivity contribution in [3.05, 3.63) is 34.6 Å². The Morgan fingerprint density at radius 3 is 2.64 bits per heavy atom. The lowest BCUT2D eigenvalue weighted by molar-refractivity contribution is 0.173. The van der Waals surface area contributed by atoms with Gasteiger partial charge in [-0.3, -0.25) is 9.36 Å². The van der Waals surface area contributed by atoms with Crippen molar-refractivity contribution in [3.63, 3.8) is 0 Å². The van der Waals surface area contributed by atoms with E-state index < -0.39 is 21.2 Å². The van der Waals surface area contributed by atoms with Gasteiger partial charge in [-0.1, -0.05) is 50.6 Å². The summed E-state index contributed by atoms with van der Waals surface area (Å²) in [6.07, 6.45) is 2.18. The summed E-state index contributed by atoms with van der Waals surface area (Å²) in [4.78, 5) is 18.1. The minimum atomic E-state index is -3.26. The van der Waals surface area contributed by atoms with Crippen LogP contribution in [0, 0.1) is 11.8 Å². The molecule has 2 aliphatic rings. The van der Waals surface area contributed by atoms with Crippen LogP contribution >= 0.6 is 11.8 Å². The summed E-state index contributed by atoms with van der Waals surface area (Å²) in [5.74, 6) is 0.524. The largest absolute Gasteiger partial charge is 0.391 e. The van der Waals surface area contributed by atoms with Crippen LogP contribution in [0.4, 0.5) is 0 Å². The van der Waals surface area contributed by atoms with E-state index in [1.54, 1.807) is 16.7 Å². The maximum atomic E-state index is 13.4. The summed E-state index contributed by atoms with van der Waals surface area (Å²) in [7, 11) is -3.26. The van der Waals surface area contributed by atoms with Crippen LogP contribution in [0.5, 0.6) is 0 Å². The van der Waals surface area contributed by atoms with E-state index in [0.717, 1.165) is 19.3 Å². The van der Waals surface area contributed by atoms with Crippen LogP contribution in [0.1, 0.15) is 39.2 Å². The molecule has 0 bridgehead atoms. The monoisotopic (exact) mass is 422 g/mol. The first-order chi connectivity index (χ1) is 13.3. The third-order valence-electron chi connectivity index (χ3n) is 6.30. The summed E-state index contributed by atoms with van der Waals surface area (Å²) in [6, 6.07) is 7.31. The number of benzene rings is 1. The molecule has 2 fully saturated rings.